The number of aromatic amines is 1. The van der Waals surface area contributed by atoms with Gasteiger partial charge in [-0.2, -0.15) is 20.1 Å². The van der Waals surface area contributed by atoms with Gasteiger partial charge in [0.05, 0.1) is 24.6 Å². The monoisotopic (exact) mass is 454 g/mol. The van der Waals surface area contributed by atoms with Crippen LogP contribution in [0.4, 0.5) is 0 Å². The van der Waals surface area contributed by atoms with Gasteiger partial charge in [0.1, 0.15) is 17.4 Å². The highest BCUT2D eigenvalue weighted by Crippen LogP contribution is 2.18. The van der Waals surface area contributed by atoms with Crippen molar-refractivity contribution in [2.45, 2.75) is 6.92 Å². The first-order valence-corrected chi connectivity index (χ1v) is 10.1. The Morgan fingerprint density at radius 2 is 1.97 bits per heavy atom. The normalized spacial score (nSPS) is 10.9. The zero-order chi connectivity index (χ0) is 24.2. The minimum atomic E-state index is -0.742. The first-order chi connectivity index (χ1) is 16.4. The molecule has 2 aromatic carbocycles. The molecule has 34 heavy (non-hydrogen) atoms. The molecule has 10 nitrogen and oxygen atoms in total. The number of para-hydroxylation sites is 1. The van der Waals surface area contributed by atoms with Crippen LogP contribution >= 0.6 is 0 Å². The van der Waals surface area contributed by atoms with Crippen molar-refractivity contribution < 1.29 is 9.53 Å². The number of nitriles is 1. The quantitative estimate of drug-likeness (QED) is 0.349. The molecule has 0 bridgehead atoms. The minimum Gasteiger partial charge on any atom is -0.497 e. The van der Waals surface area contributed by atoms with Gasteiger partial charge in [-0.15, -0.1) is 0 Å². The molecule has 2 N–H and O–H groups in total. The molecule has 4 aromatic rings. The van der Waals surface area contributed by atoms with Gasteiger partial charge in [0, 0.05) is 16.5 Å². The van der Waals surface area contributed by atoms with Crippen LogP contribution < -0.4 is 21.3 Å². The summed E-state index contributed by atoms with van der Waals surface area (Å²) in [5.74, 6) is -0.118. The topological polar surface area (TPSA) is 142 Å². The fraction of sp³-hybridized carbons (Fsp3) is 0.0833. The number of H-pyrrole nitrogens is 1. The van der Waals surface area contributed by atoms with E-state index >= 15 is 0 Å². The SMILES string of the molecule is COc1ccc2[nH]c(=O)c(C=NNC(=O)c3nn(-c4ccccc4)c(=O)c(C#N)c3C)cc2c1. The number of methoxy groups -OCH3 is 1. The van der Waals surface area contributed by atoms with Gasteiger partial charge in [-0.1, -0.05) is 18.2 Å². The number of aromatic nitrogens is 3. The Morgan fingerprint density at radius 1 is 1.21 bits per heavy atom. The lowest BCUT2D eigenvalue weighted by molar-refractivity contribution is 0.0947. The Balaban J connectivity index is 1.66. The van der Waals surface area contributed by atoms with Gasteiger partial charge in [-0.3, -0.25) is 14.4 Å². The Hall–Kier alpha value is -5.04. The van der Waals surface area contributed by atoms with Crippen LogP contribution in [0.5, 0.6) is 5.75 Å². The van der Waals surface area contributed by atoms with Gasteiger partial charge in [0.25, 0.3) is 17.0 Å². The van der Waals surface area contributed by atoms with Crippen molar-refractivity contribution in [2.24, 2.45) is 5.10 Å². The molecule has 0 saturated carbocycles. The Labute approximate surface area is 192 Å². The summed E-state index contributed by atoms with van der Waals surface area (Å²) in [6.07, 6.45) is 1.20. The number of amides is 1. The van der Waals surface area contributed by atoms with E-state index in [-0.39, 0.29) is 22.4 Å². The third kappa shape index (κ3) is 4.18. The van der Waals surface area contributed by atoms with Crippen molar-refractivity contribution in [1.82, 2.24) is 20.2 Å². The van der Waals surface area contributed by atoms with Gasteiger partial charge >= 0.3 is 0 Å². The second-order valence-electron chi connectivity index (χ2n) is 7.22. The predicted octanol–water partition coefficient (Wildman–Crippen LogP) is 2.03. The number of nitrogens with zero attached hydrogens (tertiary/aromatic N) is 4. The van der Waals surface area contributed by atoms with Gasteiger partial charge < -0.3 is 9.72 Å². The molecule has 0 saturated heterocycles. The summed E-state index contributed by atoms with van der Waals surface area (Å²) in [5.41, 5.74) is 2.29. The van der Waals surface area contributed by atoms with Crippen LogP contribution in [-0.2, 0) is 0 Å². The van der Waals surface area contributed by atoms with Crippen molar-refractivity contribution in [2.75, 3.05) is 7.11 Å². The average molecular weight is 454 g/mol. The molecule has 10 heteroatoms. The van der Waals surface area contributed by atoms with E-state index in [4.69, 9.17) is 4.74 Å². The largest absolute Gasteiger partial charge is 0.497 e. The number of pyridine rings is 1. The smallest absolute Gasteiger partial charge is 0.292 e. The highest BCUT2D eigenvalue weighted by atomic mass is 16.5. The lowest BCUT2D eigenvalue weighted by Gasteiger charge is -2.10. The molecule has 168 valence electrons. The summed E-state index contributed by atoms with van der Waals surface area (Å²) in [5, 5.41) is 18.2. The van der Waals surface area contributed by atoms with Gasteiger partial charge in [0.15, 0.2) is 5.69 Å². The second kappa shape index (κ2) is 9.22. The number of nitrogens with one attached hydrogen (secondary N) is 2. The first kappa shape index (κ1) is 22.2. The van der Waals surface area contributed by atoms with Gasteiger partial charge in [-0.25, -0.2) is 5.43 Å². The molecule has 0 fully saturated rings. The van der Waals surface area contributed by atoms with Crippen LogP contribution in [0.25, 0.3) is 16.6 Å². The fourth-order valence-corrected chi connectivity index (χ4v) is 3.33. The highest BCUT2D eigenvalue weighted by Gasteiger charge is 2.20. The van der Waals surface area contributed by atoms with Crippen LogP contribution in [-0.4, -0.2) is 34.0 Å². The standard InChI is InChI=1S/C24H18N6O4/c1-14-19(12-25)24(33)30(17-6-4-3-5-7-17)29-21(14)23(32)28-26-13-16-10-15-11-18(34-2)8-9-20(15)27-22(16)31/h3-11,13H,1-2H3,(H,27,31)(H,28,32). The second-order valence-corrected chi connectivity index (χ2v) is 7.22. The van der Waals surface area contributed by atoms with E-state index in [0.29, 0.717) is 17.0 Å². The number of rotatable bonds is 5. The van der Waals surface area contributed by atoms with Crippen LogP contribution in [0.15, 0.2) is 69.3 Å². The van der Waals surface area contributed by atoms with Crippen LogP contribution in [0.1, 0.15) is 27.2 Å². The lowest BCUT2D eigenvalue weighted by Crippen LogP contribution is -2.31. The molecule has 2 heterocycles. The number of hydrogen-bond acceptors (Lipinski definition) is 7. The molecule has 0 spiro atoms. The third-order valence-electron chi connectivity index (χ3n) is 5.11. The zero-order valence-electron chi connectivity index (χ0n) is 18.2. The lowest BCUT2D eigenvalue weighted by atomic mass is 10.1. The van der Waals surface area contributed by atoms with E-state index in [1.165, 1.54) is 13.1 Å². The number of ether oxygens (including phenoxy) is 1. The maximum atomic E-state index is 12.8. The summed E-state index contributed by atoms with van der Waals surface area (Å²) >= 11 is 0. The summed E-state index contributed by atoms with van der Waals surface area (Å²) in [6.45, 7) is 1.46. The Bertz CT molecular complexity index is 1600. The Kier molecular flexibility index (Phi) is 6.01. The molecule has 0 aliphatic rings. The maximum absolute atomic E-state index is 12.8. The molecule has 2 aromatic heterocycles. The molecule has 4 rings (SSSR count). The highest BCUT2D eigenvalue weighted by molar-refractivity contribution is 5.95. The molecule has 0 aliphatic heterocycles. The van der Waals surface area contributed by atoms with E-state index in [0.717, 1.165) is 10.1 Å². The average Bonchev–Trinajstić information content (AvgIpc) is 2.85. The third-order valence-corrected chi connectivity index (χ3v) is 5.11. The number of hydrogen-bond donors (Lipinski definition) is 2. The Morgan fingerprint density at radius 3 is 2.68 bits per heavy atom. The molecule has 0 aliphatic carbocycles. The molecular formula is C24H18N6O4. The molecule has 1 amide bonds. The van der Waals surface area contributed by atoms with E-state index in [1.807, 2.05) is 6.07 Å². The van der Waals surface area contributed by atoms with Crippen molar-refractivity contribution in [3.05, 3.63) is 97.7 Å². The molecule has 0 radical (unpaired) electrons. The van der Waals surface area contributed by atoms with Crippen LogP contribution in [0.3, 0.4) is 0 Å². The van der Waals surface area contributed by atoms with E-state index < -0.39 is 17.0 Å². The predicted molar refractivity (Wildman–Crippen MR) is 125 cm³/mol. The molecular weight excluding hydrogens is 436 g/mol. The van der Waals surface area contributed by atoms with E-state index in [9.17, 15) is 19.6 Å². The number of benzene rings is 2. The number of hydrazone groups is 1. The van der Waals surface area contributed by atoms with Crippen LogP contribution in [0, 0.1) is 18.3 Å². The van der Waals surface area contributed by atoms with Crippen molar-refractivity contribution in [1.29, 1.82) is 5.26 Å². The van der Waals surface area contributed by atoms with Crippen molar-refractivity contribution in [3.63, 3.8) is 0 Å². The zero-order valence-corrected chi connectivity index (χ0v) is 18.2. The van der Waals surface area contributed by atoms with Gasteiger partial charge in [0.2, 0.25) is 0 Å². The van der Waals surface area contributed by atoms with Gasteiger partial charge in [-0.05, 0) is 43.3 Å². The number of carbonyl (C=O) groups is 1. The first-order valence-electron chi connectivity index (χ1n) is 10.1. The molecule has 0 unspecified atom stereocenters. The van der Waals surface area contributed by atoms with Crippen molar-refractivity contribution >= 4 is 23.0 Å². The summed E-state index contributed by atoms with van der Waals surface area (Å²) < 4.78 is 6.19. The summed E-state index contributed by atoms with van der Waals surface area (Å²) in [6, 6.07) is 17.1. The maximum Gasteiger partial charge on any atom is 0.292 e. The van der Waals surface area contributed by atoms with Crippen LogP contribution in [0.2, 0.25) is 0 Å². The van der Waals surface area contributed by atoms with E-state index in [1.54, 1.807) is 61.7 Å². The summed E-state index contributed by atoms with van der Waals surface area (Å²) in [7, 11) is 1.54. The van der Waals surface area contributed by atoms with E-state index in [2.05, 4.69) is 20.6 Å². The molecule has 0 atom stereocenters. The number of fused-ring (bicyclic) bond motifs is 1. The number of carbonyl (C=O) groups excluding carboxylic acids is 1. The fourth-order valence-electron chi connectivity index (χ4n) is 3.33. The minimum absolute atomic E-state index is 0.128. The van der Waals surface area contributed by atoms with Crippen molar-refractivity contribution in [3.8, 4) is 17.5 Å². The summed E-state index contributed by atoms with van der Waals surface area (Å²) in [4.78, 5) is 40.5.